The molecule has 3 N–H and O–H groups in total. The summed E-state index contributed by atoms with van der Waals surface area (Å²) in [5.41, 5.74) is 2.74. The second-order valence-corrected chi connectivity index (χ2v) is 12.8. The van der Waals surface area contributed by atoms with Crippen molar-refractivity contribution >= 4 is 33.3 Å². The second-order valence-electron chi connectivity index (χ2n) is 11.1. The molecule has 0 saturated carbocycles. The zero-order valence-electron chi connectivity index (χ0n) is 25.2. The summed E-state index contributed by atoms with van der Waals surface area (Å²) in [6, 6.07) is 10.4. The summed E-state index contributed by atoms with van der Waals surface area (Å²) >= 11 is 0. The summed E-state index contributed by atoms with van der Waals surface area (Å²) in [6.07, 6.45) is -0.616. The average molecular weight is 614 g/mol. The van der Waals surface area contributed by atoms with E-state index in [1.807, 2.05) is 13.8 Å². The minimum absolute atomic E-state index is 0.0679. The molecule has 2 aromatic carbocycles. The largest absolute Gasteiger partial charge is 0.488 e. The van der Waals surface area contributed by atoms with Crippen LogP contribution >= 0.6 is 0 Å². The van der Waals surface area contributed by atoms with E-state index in [0.717, 1.165) is 5.56 Å². The van der Waals surface area contributed by atoms with E-state index in [-0.39, 0.29) is 54.6 Å². The lowest BCUT2D eigenvalue weighted by molar-refractivity contribution is -0.134. The third-order valence-corrected chi connectivity index (χ3v) is 8.96. The number of nitrogens with zero attached hydrogens (tertiary/aromatic N) is 3. The van der Waals surface area contributed by atoms with Crippen molar-refractivity contribution in [2.24, 2.45) is 5.92 Å². The first kappa shape index (κ1) is 31.8. The highest BCUT2D eigenvalue weighted by Gasteiger charge is 2.32. The van der Waals surface area contributed by atoms with E-state index < -0.39 is 22.2 Å². The Morgan fingerprint density at radius 2 is 1.88 bits per heavy atom. The monoisotopic (exact) mass is 613 g/mol. The summed E-state index contributed by atoms with van der Waals surface area (Å²) in [5.74, 6) is 0.419. The molecule has 1 aliphatic rings. The number of ether oxygens (including phenoxy) is 1. The molecule has 0 fully saturated rings. The Kier molecular flexibility index (Phi) is 9.65. The number of urea groups is 1. The van der Waals surface area contributed by atoms with Crippen LogP contribution in [0.15, 0.2) is 51.9 Å². The third kappa shape index (κ3) is 7.46. The highest BCUT2D eigenvalue weighted by Crippen LogP contribution is 2.30. The maximum absolute atomic E-state index is 13.5. The molecule has 0 spiro atoms. The number of hydrogen-bond acceptors (Lipinski definition) is 8. The Morgan fingerprint density at radius 1 is 1.19 bits per heavy atom. The van der Waals surface area contributed by atoms with Crippen LogP contribution in [0.25, 0.3) is 0 Å². The molecule has 1 aromatic heterocycles. The molecule has 0 saturated heterocycles. The van der Waals surface area contributed by atoms with E-state index in [2.05, 4.69) is 15.2 Å². The third-order valence-electron chi connectivity index (χ3n) is 7.57. The summed E-state index contributed by atoms with van der Waals surface area (Å²) in [5, 5.41) is 16.6. The van der Waals surface area contributed by atoms with Crippen molar-refractivity contribution in [1.82, 2.24) is 15.0 Å². The van der Waals surface area contributed by atoms with Crippen LogP contribution in [-0.2, 0) is 21.2 Å². The molecule has 3 atom stereocenters. The van der Waals surface area contributed by atoms with Gasteiger partial charge in [-0.25, -0.2) is 13.2 Å². The van der Waals surface area contributed by atoms with Gasteiger partial charge in [-0.1, -0.05) is 29.8 Å². The lowest BCUT2D eigenvalue weighted by Crippen LogP contribution is -2.48. The SMILES string of the molecule is Cc1ccc(S(=O)(=O)Nc2ccc3c(c2)CC(=O)N([C@H](C)CO)C[C@@H](C)[C@H](CN(C)C(=O)Nc2c(C)noc2C)O3)cc1. The summed E-state index contributed by atoms with van der Waals surface area (Å²) < 4.78 is 40.3. The van der Waals surface area contributed by atoms with Crippen LogP contribution in [-0.4, -0.2) is 79.3 Å². The number of fused-ring (bicyclic) bond motifs is 1. The number of benzene rings is 2. The number of anilines is 2. The number of hydrogen-bond donors (Lipinski definition) is 3. The number of sulfonamides is 1. The van der Waals surface area contributed by atoms with E-state index in [1.54, 1.807) is 63.1 Å². The van der Waals surface area contributed by atoms with Gasteiger partial charge in [0, 0.05) is 30.8 Å². The minimum Gasteiger partial charge on any atom is -0.488 e. The van der Waals surface area contributed by atoms with Crippen LogP contribution < -0.4 is 14.8 Å². The molecule has 12 nitrogen and oxygen atoms in total. The van der Waals surface area contributed by atoms with E-state index in [4.69, 9.17) is 9.26 Å². The first-order chi connectivity index (χ1) is 20.3. The summed E-state index contributed by atoms with van der Waals surface area (Å²) in [4.78, 5) is 29.8. The lowest BCUT2D eigenvalue weighted by Gasteiger charge is -2.34. The molecule has 43 heavy (non-hydrogen) atoms. The summed E-state index contributed by atoms with van der Waals surface area (Å²) in [7, 11) is -2.24. The zero-order valence-corrected chi connectivity index (χ0v) is 26.1. The fourth-order valence-corrected chi connectivity index (χ4v) is 5.91. The van der Waals surface area contributed by atoms with Crippen molar-refractivity contribution in [3.63, 3.8) is 0 Å². The molecule has 0 radical (unpaired) electrons. The highest BCUT2D eigenvalue weighted by molar-refractivity contribution is 7.92. The number of carbonyl (C=O) groups is 2. The quantitative estimate of drug-likeness (QED) is 0.347. The molecule has 2 heterocycles. The Bertz CT molecular complexity index is 1550. The number of carbonyl (C=O) groups excluding carboxylic acids is 2. The fraction of sp³-hybridized carbons (Fsp3) is 0.433. The summed E-state index contributed by atoms with van der Waals surface area (Å²) in [6.45, 7) is 9.22. The first-order valence-electron chi connectivity index (χ1n) is 14.0. The Hall–Kier alpha value is -4.10. The Balaban J connectivity index is 1.62. The topological polar surface area (TPSA) is 154 Å². The first-order valence-corrected chi connectivity index (χ1v) is 15.5. The number of aryl methyl sites for hydroxylation is 3. The lowest BCUT2D eigenvalue weighted by atomic mass is 10.0. The molecule has 0 bridgehead atoms. The average Bonchev–Trinajstić information content (AvgIpc) is 3.29. The minimum atomic E-state index is -3.88. The molecule has 0 unspecified atom stereocenters. The molecular weight excluding hydrogens is 574 g/mol. The van der Waals surface area contributed by atoms with E-state index in [1.165, 1.54) is 17.0 Å². The standard InChI is InChI=1S/C30H39N5O7S/c1-18-7-10-25(11-8-18)43(39,40)33-24-9-12-26-23(13-24)14-28(37)35(20(3)17-36)15-19(2)27(41-26)16-34(6)30(38)31-29-21(4)32-42-22(29)5/h7-13,19-20,27,33,36H,14-17H2,1-6H3,(H,31,38)/t19-,20-,27+/m1/s1. The molecule has 232 valence electrons. The van der Waals surface area contributed by atoms with Gasteiger partial charge in [-0.2, -0.15) is 0 Å². The molecular formula is C30H39N5O7S. The van der Waals surface area contributed by atoms with Gasteiger partial charge in [0.25, 0.3) is 10.0 Å². The van der Waals surface area contributed by atoms with Crippen LogP contribution in [0, 0.1) is 26.7 Å². The van der Waals surface area contributed by atoms with Gasteiger partial charge in [-0.3, -0.25) is 9.52 Å². The van der Waals surface area contributed by atoms with E-state index in [9.17, 15) is 23.1 Å². The van der Waals surface area contributed by atoms with Crippen molar-refractivity contribution in [3.8, 4) is 5.75 Å². The maximum atomic E-state index is 13.5. The van der Waals surface area contributed by atoms with Gasteiger partial charge >= 0.3 is 6.03 Å². The molecule has 3 amide bonds. The number of likely N-dealkylation sites (N-methyl/N-ethyl adjacent to an activating group) is 1. The van der Waals surface area contributed by atoms with Crippen molar-refractivity contribution in [2.45, 2.75) is 58.1 Å². The van der Waals surface area contributed by atoms with Crippen LogP contribution in [0.1, 0.15) is 36.4 Å². The van der Waals surface area contributed by atoms with Crippen molar-refractivity contribution in [2.75, 3.05) is 36.8 Å². The Labute approximate surface area is 252 Å². The van der Waals surface area contributed by atoms with Gasteiger partial charge in [-0.15, -0.1) is 0 Å². The molecule has 3 aromatic rings. The second kappa shape index (κ2) is 13.0. The van der Waals surface area contributed by atoms with Crippen molar-refractivity contribution in [1.29, 1.82) is 0 Å². The number of amides is 3. The van der Waals surface area contributed by atoms with Crippen molar-refractivity contribution < 1.29 is 32.4 Å². The van der Waals surface area contributed by atoms with Gasteiger partial charge in [0.2, 0.25) is 5.91 Å². The normalized spacial score (nSPS) is 18.0. The Morgan fingerprint density at radius 3 is 2.51 bits per heavy atom. The van der Waals surface area contributed by atoms with Gasteiger partial charge < -0.3 is 29.5 Å². The number of aliphatic hydroxyl groups is 1. The van der Waals surface area contributed by atoms with Crippen LogP contribution in [0.3, 0.4) is 0 Å². The van der Waals surface area contributed by atoms with Crippen molar-refractivity contribution in [3.05, 3.63) is 65.0 Å². The van der Waals surface area contributed by atoms with Crippen LogP contribution in [0.4, 0.5) is 16.2 Å². The zero-order chi connectivity index (χ0) is 31.5. The molecule has 4 rings (SSSR count). The van der Waals surface area contributed by atoms with Gasteiger partial charge in [0.1, 0.15) is 23.2 Å². The highest BCUT2D eigenvalue weighted by atomic mass is 32.2. The van der Waals surface area contributed by atoms with Gasteiger partial charge in [0.05, 0.1) is 30.5 Å². The molecule has 13 heteroatoms. The number of nitrogens with one attached hydrogen (secondary N) is 2. The predicted octanol–water partition coefficient (Wildman–Crippen LogP) is 3.71. The number of aromatic nitrogens is 1. The predicted molar refractivity (Wildman–Crippen MR) is 162 cm³/mol. The van der Waals surface area contributed by atoms with Crippen LogP contribution in [0.5, 0.6) is 5.75 Å². The smallest absolute Gasteiger partial charge is 0.321 e. The van der Waals surface area contributed by atoms with E-state index in [0.29, 0.717) is 28.5 Å². The van der Waals surface area contributed by atoms with E-state index >= 15 is 0 Å². The fourth-order valence-electron chi connectivity index (χ4n) is 4.86. The number of rotatable bonds is 8. The number of aliphatic hydroxyl groups excluding tert-OH is 1. The van der Waals surface area contributed by atoms with Gasteiger partial charge in [0.15, 0.2) is 5.76 Å². The molecule has 0 aliphatic carbocycles. The van der Waals surface area contributed by atoms with Gasteiger partial charge in [-0.05, 0) is 58.0 Å². The maximum Gasteiger partial charge on any atom is 0.321 e. The van der Waals surface area contributed by atoms with Crippen LogP contribution in [0.2, 0.25) is 0 Å². The molecule has 1 aliphatic heterocycles.